The van der Waals surface area contributed by atoms with Gasteiger partial charge in [0.25, 0.3) is 0 Å². The Bertz CT molecular complexity index is 1320. The summed E-state index contributed by atoms with van der Waals surface area (Å²) in [4.78, 5) is 9.54. The van der Waals surface area contributed by atoms with Gasteiger partial charge in [0.1, 0.15) is 18.2 Å². The summed E-state index contributed by atoms with van der Waals surface area (Å²) in [5, 5.41) is 4.58. The van der Waals surface area contributed by atoms with Crippen LogP contribution < -0.4 is 4.74 Å². The minimum atomic E-state index is -0.627. The Labute approximate surface area is 203 Å². The van der Waals surface area contributed by atoms with Gasteiger partial charge in [0, 0.05) is 50.7 Å². The predicted molar refractivity (Wildman–Crippen MR) is 131 cm³/mol. The van der Waals surface area contributed by atoms with E-state index in [1.165, 1.54) is 18.2 Å². The third-order valence-electron chi connectivity index (χ3n) is 6.58. The van der Waals surface area contributed by atoms with Gasteiger partial charge in [-0.25, -0.2) is 13.8 Å². The largest absolute Gasteiger partial charge is 0.485 e. The van der Waals surface area contributed by atoms with Crippen LogP contribution in [0.2, 0.25) is 0 Å². The Morgan fingerprint density at radius 3 is 2.49 bits per heavy atom. The number of pyridine rings is 1. The smallest absolute Gasteiger partial charge is 0.180 e. The van der Waals surface area contributed by atoms with Crippen molar-refractivity contribution in [2.24, 2.45) is 0 Å². The summed E-state index contributed by atoms with van der Waals surface area (Å²) in [7, 11) is 2.16. The lowest BCUT2D eigenvalue weighted by molar-refractivity contribution is 0.149. The van der Waals surface area contributed by atoms with Crippen molar-refractivity contribution >= 4 is 5.65 Å². The van der Waals surface area contributed by atoms with Crippen LogP contribution in [0.5, 0.6) is 5.75 Å². The van der Waals surface area contributed by atoms with Crippen molar-refractivity contribution in [1.29, 1.82) is 0 Å². The maximum absolute atomic E-state index is 14.1. The normalized spacial score (nSPS) is 15.2. The fourth-order valence-corrected chi connectivity index (χ4v) is 4.56. The van der Waals surface area contributed by atoms with Crippen molar-refractivity contribution in [3.8, 4) is 17.0 Å². The highest BCUT2D eigenvalue weighted by Crippen LogP contribution is 2.30. The average molecular weight is 481 g/mol. The molecule has 0 aliphatic carbocycles. The maximum atomic E-state index is 14.1. The standard InChI is InChI=1S/C26H30F2N6O/c1-18-13-24(35-17-21-22(27)5-4-6-23(21)28)26-30-19(2)25(34(26)15-18)20-14-29-33(16-20)12-11-32-9-7-31(3)8-10-32/h4-6,13-16H,7-12,17H2,1-3H3. The van der Waals surface area contributed by atoms with Gasteiger partial charge in [-0.2, -0.15) is 5.10 Å². The van der Waals surface area contributed by atoms with Gasteiger partial charge in [-0.05, 0) is 44.7 Å². The summed E-state index contributed by atoms with van der Waals surface area (Å²) in [5.41, 5.74) is 4.17. The summed E-state index contributed by atoms with van der Waals surface area (Å²) in [6.07, 6.45) is 5.89. The van der Waals surface area contributed by atoms with Gasteiger partial charge in [-0.3, -0.25) is 14.0 Å². The molecule has 0 saturated carbocycles. The monoisotopic (exact) mass is 480 g/mol. The van der Waals surface area contributed by atoms with Gasteiger partial charge < -0.3 is 9.64 Å². The highest BCUT2D eigenvalue weighted by Gasteiger charge is 2.19. The Morgan fingerprint density at radius 2 is 1.74 bits per heavy atom. The first kappa shape index (κ1) is 23.4. The molecule has 0 spiro atoms. The first-order chi connectivity index (χ1) is 16.9. The third kappa shape index (κ3) is 4.92. The van der Waals surface area contributed by atoms with Crippen LogP contribution in [0.3, 0.4) is 0 Å². The molecule has 3 aromatic heterocycles. The number of ether oxygens (including phenoxy) is 1. The molecule has 1 aliphatic rings. The molecular formula is C26H30F2N6O. The van der Waals surface area contributed by atoms with Crippen LogP contribution in [-0.2, 0) is 13.2 Å². The molecular weight excluding hydrogens is 450 g/mol. The number of benzene rings is 1. The van der Waals surface area contributed by atoms with Crippen molar-refractivity contribution in [3.05, 3.63) is 71.3 Å². The molecule has 184 valence electrons. The number of imidazole rings is 1. The summed E-state index contributed by atoms with van der Waals surface area (Å²) in [6, 6.07) is 5.64. The fourth-order valence-electron chi connectivity index (χ4n) is 4.56. The molecule has 1 aliphatic heterocycles. The second-order valence-corrected chi connectivity index (χ2v) is 9.25. The minimum Gasteiger partial charge on any atom is -0.485 e. The number of aryl methyl sites for hydroxylation is 2. The van der Waals surface area contributed by atoms with Crippen LogP contribution in [0.25, 0.3) is 16.9 Å². The number of hydrogen-bond donors (Lipinski definition) is 0. The highest BCUT2D eigenvalue weighted by atomic mass is 19.1. The molecule has 1 aromatic carbocycles. The van der Waals surface area contributed by atoms with Crippen molar-refractivity contribution < 1.29 is 13.5 Å². The Hall–Kier alpha value is -3.30. The van der Waals surface area contributed by atoms with Crippen LogP contribution in [0.15, 0.2) is 42.9 Å². The van der Waals surface area contributed by atoms with E-state index in [4.69, 9.17) is 9.72 Å². The number of nitrogens with zero attached hydrogens (tertiary/aromatic N) is 6. The Balaban J connectivity index is 1.38. The second kappa shape index (κ2) is 9.75. The molecule has 0 atom stereocenters. The molecule has 0 unspecified atom stereocenters. The number of fused-ring (bicyclic) bond motifs is 1. The topological polar surface area (TPSA) is 50.8 Å². The second-order valence-electron chi connectivity index (χ2n) is 9.25. The molecule has 1 fully saturated rings. The van der Waals surface area contributed by atoms with E-state index >= 15 is 0 Å². The third-order valence-corrected chi connectivity index (χ3v) is 6.58. The van der Waals surface area contributed by atoms with E-state index in [2.05, 4.69) is 21.9 Å². The highest BCUT2D eigenvalue weighted by molar-refractivity contribution is 5.69. The van der Waals surface area contributed by atoms with Gasteiger partial charge in [0.15, 0.2) is 11.4 Å². The van der Waals surface area contributed by atoms with Crippen molar-refractivity contribution in [1.82, 2.24) is 29.0 Å². The number of hydrogen-bond acceptors (Lipinski definition) is 5. The lowest BCUT2D eigenvalue weighted by Gasteiger charge is -2.32. The lowest BCUT2D eigenvalue weighted by atomic mass is 10.2. The number of aromatic nitrogens is 4. The first-order valence-electron chi connectivity index (χ1n) is 11.9. The van der Waals surface area contributed by atoms with Crippen LogP contribution in [0.4, 0.5) is 8.78 Å². The number of halogens is 2. The zero-order valence-electron chi connectivity index (χ0n) is 20.3. The van der Waals surface area contributed by atoms with Crippen LogP contribution in [-0.4, -0.2) is 68.7 Å². The lowest BCUT2D eigenvalue weighted by Crippen LogP contribution is -2.45. The van der Waals surface area contributed by atoms with E-state index in [0.29, 0.717) is 11.4 Å². The average Bonchev–Trinajstić information content (AvgIpc) is 3.41. The van der Waals surface area contributed by atoms with Gasteiger partial charge in [-0.1, -0.05) is 6.07 Å². The molecule has 9 heteroatoms. The fraction of sp³-hybridized carbons (Fsp3) is 0.385. The van der Waals surface area contributed by atoms with Crippen LogP contribution in [0, 0.1) is 25.5 Å². The van der Waals surface area contributed by atoms with E-state index in [-0.39, 0.29) is 12.2 Å². The molecule has 7 nitrogen and oxygen atoms in total. The first-order valence-corrected chi connectivity index (χ1v) is 11.9. The zero-order valence-corrected chi connectivity index (χ0v) is 20.3. The van der Waals surface area contributed by atoms with Crippen molar-refractivity contribution in [2.75, 3.05) is 39.8 Å². The van der Waals surface area contributed by atoms with E-state index in [0.717, 1.165) is 61.8 Å². The molecule has 5 rings (SSSR count). The van der Waals surface area contributed by atoms with Crippen molar-refractivity contribution in [3.63, 3.8) is 0 Å². The number of piperazine rings is 1. The molecule has 4 heterocycles. The van der Waals surface area contributed by atoms with Gasteiger partial charge >= 0.3 is 0 Å². The molecule has 1 saturated heterocycles. The van der Waals surface area contributed by atoms with E-state index < -0.39 is 11.6 Å². The molecule has 0 amide bonds. The Kier molecular flexibility index (Phi) is 6.53. The van der Waals surface area contributed by atoms with E-state index in [1.54, 1.807) is 0 Å². The number of rotatable bonds is 7. The quantitative estimate of drug-likeness (QED) is 0.401. The van der Waals surface area contributed by atoms with E-state index in [9.17, 15) is 8.78 Å². The predicted octanol–water partition coefficient (Wildman–Crippen LogP) is 3.92. The van der Waals surface area contributed by atoms with Crippen LogP contribution >= 0.6 is 0 Å². The summed E-state index contributed by atoms with van der Waals surface area (Å²) < 4.78 is 38.0. The van der Waals surface area contributed by atoms with E-state index in [1.807, 2.05) is 47.6 Å². The molecule has 0 bridgehead atoms. The molecule has 0 N–H and O–H groups in total. The molecule has 0 radical (unpaired) electrons. The zero-order chi connectivity index (χ0) is 24.5. The van der Waals surface area contributed by atoms with Gasteiger partial charge in [0.05, 0.1) is 29.7 Å². The van der Waals surface area contributed by atoms with Crippen LogP contribution in [0.1, 0.15) is 16.8 Å². The SMILES string of the molecule is Cc1cc(OCc2c(F)cccc2F)c2nc(C)c(-c3cnn(CCN4CCN(C)CC4)c3)n2c1. The summed E-state index contributed by atoms with van der Waals surface area (Å²) >= 11 is 0. The maximum Gasteiger partial charge on any atom is 0.180 e. The Morgan fingerprint density at radius 1 is 1.00 bits per heavy atom. The van der Waals surface area contributed by atoms with Crippen molar-refractivity contribution in [2.45, 2.75) is 27.0 Å². The van der Waals surface area contributed by atoms with Gasteiger partial charge in [-0.15, -0.1) is 0 Å². The summed E-state index contributed by atoms with van der Waals surface area (Å²) in [5.74, 6) is -0.778. The minimum absolute atomic E-state index is 0.0997. The van der Waals surface area contributed by atoms with Gasteiger partial charge in [0.2, 0.25) is 0 Å². The summed E-state index contributed by atoms with van der Waals surface area (Å²) in [6.45, 7) is 9.81. The molecule has 4 aromatic rings. The molecule has 35 heavy (non-hydrogen) atoms. The number of likely N-dealkylation sites (N-methyl/N-ethyl adjacent to an activating group) is 1.